The molecule has 0 aliphatic carbocycles. The Labute approximate surface area is 146 Å². The molecular formula is C17H23N5O3. The van der Waals surface area contributed by atoms with Crippen molar-refractivity contribution in [2.45, 2.75) is 19.8 Å². The van der Waals surface area contributed by atoms with Crippen LogP contribution in [-0.2, 0) is 0 Å². The van der Waals surface area contributed by atoms with Crippen molar-refractivity contribution < 1.29 is 14.3 Å². The second-order valence-corrected chi connectivity index (χ2v) is 6.02. The molecule has 0 radical (unpaired) electrons. The maximum Gasteiger partial charge on any atom is 0.257 e. The summed E-state index contributed by atoms with van der Waals surface area (Å²) in [5.41, 5.74) is 12.6. The second-order valence-electron chi connectivity index (χ2n) is 6.02. The van der Waals surface area contributed by atoms with Gasteiger partial charge in [-0.15, -0.1) is 0 Å². The van der Waals surface area contributed by atoms with E-state index in [1.54, 1.807) is 26.2 Å². The third kappa shape index (κ3) is 3.90. The van der Waals surface area contributed by atoms with Crippen molar-refractivity contribution in [3.05, 3.63) is 29.5 Å². The van der Waals surface area contributed by atoms with Crippen LogP contribution in [0.3, 0.4) is 0 Å². The SMILES string of the molecule is COc1cc(C(C)C)c(Oc2cnc(N)nc2N)cc1C(=O)N(C)C. The van der Waals surface area contributed by atoms with Gasteiger partial charge in [0.25, 0.3) is 5.91 Å². The monoisotopic (exact) mass is 345 g/mol. The van der Waals surface area contributed by atoms with E-state index in [4.69, 9.17) is 20.9 Å². The lowest BCUT2D eigenvalue weighted by Gasteiger charge is -2.19. The molecule has 1 amide bonds. The molecule has 8 heteroatoms. The van der Waals surface area contributed by atoms with Crippen molar-refractivity contribution in [3.8, 4) is 17.2 Å². The fourth-order valence-corrected chi connectivity index (χ4v) is 2.29. The third-order valence-electron chi connectivity index (χ3n) is 3.61. The van der Waals surface area contributed by atoms with Gasteiger partial charge in [-0.2, -0.15) is 4.98 Å². The first-order valence-corrected chi connectivity index (χ1v) is 7.74. The molecule has 8 nitrogen and oxygen atoms in total. The van der Waals surface area contributed by atoms with Crippen molar-refractivity contribution in [1.29, 1.82) is 0 Å². The number of hydrogen-bond acceptors (Lipinski definition) is 7. The highest BCUT2D eigenvalue weighted by atomic mass is 16.5. The largest absolute Gasteiger partial charge is 0.496 e. The number of nitrogens with zero attached hydrogens (tertiary/aromatic N) is 3. The van der Waals surface area contributed by atoms with Gasteiger partial charge in [0.15, 0.2) is 11.6 Å². The van der Waals surface area contributed by atoms with Crippen LogP contribution in [0.2, 0.25) is 0 Å². The zero-order valence-electron chi connectivity index (χ0n) is 15.0. The van der Waals surface area contributed by atoms with Gasteiger partial charge in [-0.05, 0) is 18.1 Å². The van der Waals surface area contributed by atoms with E-state index in [1.807, 2.05) is 13.8 Å². The molecule has 0 aliphatic heterocycles. The normalized spacial score (nSPS) is 10.6. The van der Waals surface area contributed by atoms with Gasteiger partial charge in [-0.1, -0.05) is 13.8 Å². The molecule has 1 aromatic carbocycles. The zero-order valence-corrected chi connectivity index (χ0v) is 15.0. The van der Waals surface area contributed by atoms with Gasteiger partial charge in [0.05, 0.1) is 18.9 Å². The molecular weight excluding hydrogens is 322 g/mol. The summed E-state index contributed by atoms with van der Waals surface area (Å²) < 4.78 is 11.3. The summed E-state index contributed by atoms with van der Waals surface area (Å²) in [5, 5.41) is 0. The van der Waals surface area contributed by atoms with Crippen LogP contribution in [0.4, 0.5) is 11.8 Å². The Kier molecular flexibility index (Phi) is 5.31. The molecule has 1 heterocycles. The van der Waals surface area contributed by atoms with Crippen LogP contribution in [0.5, 0.6) is 17.2 Å². The maximum absolute atomic E-state index is 12.4. The molecule has 0 bridgehead atoms. The molecule has 0 aliphatic rings. The van der Waals surface area contributed by atoms with E-state index in [2.05, 4.69) is 9.97 Å². The second kappa shape index (κ2) is 7.25. The van der Waals surface area contributed by atoms with Gasteiger partial charge in [0, 0.05) is 19.7 Å². The minimum Gasteiger partial charge on any atom is -0.496 e. The quantitative estimate of drug-likeness (QED) is 0.853. The first-order valence-electron chi connectivity index (χ1n) is 7.74. The number of rotatable bonds is 5. The fraction of sp³-hybridized carbons (Fsp3) is 0.353. The summed E-state index contributed by atoms with van der Waals surface area (Å²) in [6.07, 6.45) is 1.40. The van der Waals surface area contributed by atoms with Gasteiger partial charge in [0.1, 0.15) is 11.5 Å². The highest BCUT2D eigenvalue weighted by Gasteiger charge is 2.21. The minimum absolute atomic E-state index is 0.0622. The fourth-order valence-electron chi connectivity index (χ4n) is 2.29. The zero-order chi connectivity index (χ0) is 18.7. The summed E-state index contributed by atoms with van der Waals surface area (Å²) in [6.45, 7) is 4.02. The third-order valence-corrected chi connectivity index (χ3v) is 3.61. The molecule has 25 heavy (non-hydrogen) atoms. The van der Waals surface area contributed by atoms with Crippen LogP contribution in [0.25, 0.3) is 0 Å². The van der Waals surface area contributed by atoms with E-state index in [1.165, 1.54) is 18.2 Å². The molecule has 0 unspecified atom stereocenters. The molecule has 0 atom stereocenters. The molecule has 0 saturated carbocycles. The van der Waals surface area contributed by atoms with Crippen LogP contribution in [-0.4, -0.2) is 42.0 Å². The van der Waals surface area contributed by atoms with Crippen LogP contribution >= 0.6 is 0 Å². The first-order chi connectivity index (χ1) is 11.7. The molecule has 2 rings (SSSR count). The van der Waals surface area contributed by atoms with Crippen LogP contribution in [0, 0.1) is 0 Å². The topological polar surface area (TPSA) is 117 Å². The lowest BCUT2D eigenvalue weighted by atomic mass is 9.99. The lowest BCUT2D eigenvalue weighted by molar-refractivity contribution is 0.0824. The number of benzene rings is 1. The number of methoxy groups -OCH3 is 1. The summed E-state index contributed by atoms with van der Waals surface area (Å²) in [4.78, 5) is 21.7. The number of anilines is 2. The number of nitrogen functional groups attached to an aromatic ring is 2. The average molecular weight is 345 g/mol. The molecule has 1 aromatic heterocycles. The Balaban J connectivity index is 2.57. The average Bonchev–Trinajstić information content (AvgIpc) is 2.55. The van der Waals surface area contributed by atoms with Gasteiger partial charge in [-0.3, -0.25) is 4.79 Å². The molecule has 4 N–H and O–H groups in total. The predicted octanol–water partition coefficient (Wildman–Crippen LogP) is 2.27. The van der Waals surface area contributed by atoms with Gasteiger partial charge in [-0.25, -0.2) is 4.98 Å². The molecule has 0 fully saturated rings. The summed E-state index contributed by atoms with van der Waals surface area (Å²) in [7, 11) is 4.87. The predicted molar refractivity (Wildman–Crippen MR) is 96.0 cm³/mol. The summed E-state index contributed by atoms with van der Waals surface area (Å²) in [6, 6.07) is 3.44. The van der Waals surface area contributed by atoms with Gasteiger partial charge < -0.3 is 25.8 Å². The number of ether oxygens (including phenoxy) is 2. The number of nitrogens with two attached hydrogens (primary N) is 2. The van der Waals surface area contributed by atoms with E-state index in [0.717, 1.165) is 5.56 Å². The standard InChI is InChI=1S/C17H23N5O3/c1-9(2)10-6-12(24-5)11(16(23)22(3)4)7-13(10)25-14-8-20-17(19)21-15(14)18/h6-9H,1-5H3,(H4,18,19,20,21). The van der Waals surface area contributed by atoms with Crippen molar-refractivity contribution in [2.75, 3.05) is 32.7 Å². The van der Waals surface area contributed by atoms with Crippen molar-refractivity contribution in [1.82, 2.24) is 14.9 Å². The van der Waals surface area contributed by atoms with Crippen LogP contribution < -0.4 is 20.9 Å². The van der Waals surface area contributed by atoms with Gasteiger partial charge >= 0.3 is 0 Å². The summed E-state index contributed by atoms with van der Waals surface area (Å²) in [5.74, 6) is 1.36. The Morgan fingerprint density at radius 3 is 2.36 bits per heavy atom. The Bertz CT molecular complexity index is 790. The number of carbonyl (C=O) groups is 1. The van der Waals surface area contributed by atoms with Crippen molar-refractivity contribution >= 4 is 17.7 Å². The smallest absolute Gasteiger partial charge is 0.257 e. The van der Waals surface area contributed by atoms with Crippen molar-refractivity contribution in [3.63, 3.8) is 0 Å². The molecule has 134 valence electrons. The van der Waals surface area contributed by atoms with E-state index in [0.29, 0.717) is 17.1 Å². The number of carbonyl (C=O) groups excluding carboxylic acids is 1. The highest BCUT2D eigenvalue weighted by Crippen LogP contribution is 2.37. The first kappa shape index (κ1) is 18.3. The number of amides is 1. The molecule has 0 spiro atoms. The number of hydrogen-bond donors (Lipinski definition) is 2. The summed E-state index contributed by atoms with van der Waals surface area (Å²) >= 11 is 0. The lowest BCUT2D eigenvalue weighted by Crippen LogP contribution is -2.22. The Morgan fingerprint density at radius 1 is 1.16 bits per heavy atom. The van der Waals surface area contributed by atoms with E-state index in [-0.39, 0.29) is 29.3 Å². The van der Waals surface area contributed by atoms with E-state index < -0.39 is 0 Å². The van der Waals surface area contributed by atoms with Gasteiger partial charge in [0.2, 0.25) is 5.95 Å². The Morgan fingerprint density at radius 2 is 1.84 bits per heavy atom. The van der Waals surface area contributed by atoms with E-state index in [9.17, 15) is 4.79 Å². The highest BCUT2D eigenvalue weighted by molar-refractivity contribution is 5.97. The Hall–Kier alpha value is -3.03. The van der Waals surface area contributed by atoms with E-state index >= 15 is 0 Å². The van der Waals surface area contributed by atoms with Crippen molar-refractivity contribution in [2.24, 2.45) is 0 Å². The number of aromatic nitrogens is 2. The maximum atomic E-state index is 12.4. The molecule has 2 aromatic rings. The molecule has 0 saturated heterocycles. The minimum atomic E-state index is -0.196. The van der Waals surface area contributed by atoms with Crippen LogP contribution in [0.15, 0.2) is 18.3 Å². The van der Waals surface area contributed by atoms with Crippen LogP contribution in [0.1, 0.15) is 35.7 Å².